The Balaban J connectivity index is 2.20. The molecule has 1 unspecified atom stereocenters. The van der Waals surface area contributed by atoms with E-state index in [0.717, 1.165) is 23.8 Å². The number of halogens is 1. The van der Waals surface area contributed by atoms with Gasteiger partial charge < -0.3 is 11.1 Å². The van der Waals surface area contributed by atoms with Crippen LogP contribution in [0.1, 0.15) is 18.2 Å². The van der Waals surface area contributed by atoms with Gasteiger partial charge in [-0.3, -0.25) is 0 Å². The minimum Gasteiger partial charge on any atom is -0.327 e. The molecule has 0 fully saturated rings. The Morgan fingerprint density at radius 3 is 2.92 bits per heavy atom. The first kappa shape index (κ1) is 11.0. The predicted molar refractivity (Wildman–Crippen MR) is 59.3 cm³/mol. The van der Waals surface area contributed by atoms with E-state index in [-0.39, 0.29) is 6.04 Å². The molecule has 1 aromatic rings. The van der Waals surface area contributed by atoms with Gasteiger partial charge in [-0.05, 0) is 18.6 Å². The van der Waals surface area contributed by atoms with Crippen molar-refractivity contribution in [3.05, 3.63) is 21.3 Å². The molecule has 3 N–H and O–H groups in total. The van der Waals surface area contributed by atoms with Gasteiger partial charge in [-0.15, -0.1) is 11.3 Å². The lowest BCUT2D eigenvalue weighted by Gasteiger charge is -2.08. The van der Waals surface area contributed by atoms with E-state index < -0.39 is 0 Å². The maximum atomic E-state index is 5.80. The molecule has 1 rings (SSSR count). The van der Waals surface area contributed by atoms with Gasteiger partial charge in [-0.2, -0.15) is 0 Å². The normalized spacial score (nSPS) is 13.2. The number of nitrogens with one attached hydrogen (secondary N) is 1. The third-order valence-corrected chi connectivity index (χ3v) is 3.09. The van der Waals surface area contributed by atoms with Gasteiger partial charge in [0.05, 0.1) is 4.34 Å². The summed E-state index contributed by atoms with van der Waals surface area (Å²) in [6.45, 7) is 3.82. The van der Waals surface area contributed by atoms with E-state index in [9.17, 15) is 0 Å². The van der Waals surface area contributed by atoms with Crippen molar-refractivity contribution in [1.29, 1.82) is 0 Å². The van der Waals surface area contributed by atoms with E-state index in [1.807, 2.05) is 12.1 Å². The van der Waals surface area contributed by atoms with Crippen LogP contribution in [0.15, 0.2) is 12.1 Å². The zero-order valence-electron chi connectivity index (χ0n) is 7.72. The van der Waals surface area contributed by atoms with Gasteiger partial charge in [0.15, 0.2) is 0 Å². The zero-order chi connectivity index (χ0) is 9.68. The Hall–Kier alpha value is -0.0900. The standard InChI is InChI=1S/C9H15ClN2S/c1-2-7(11)5-12-6-8-3-4-9(10)13-8/h3-4,7,12H,2,5-6,11H2,1H3. The molecule has 0 aliphatic rings. The van der Waals surface area contributed by atoms with Gasteiger partial charge in [-0.25, -0.2) is 0 Å². The molecule has 4 heteroatoms. The summed E-state index contributed by atoms with van der Waals surface area (Å²) >= 11 is 7.40. The van der Waals surface area contributed by atoms with E-state index in [2.05, 4.69) is 12.2 Å². The number of thiophene rings is 1. The fraction of sp³-hybridized carbons (Fsp3) is 0.556. The highest BCUT2D eigenvalue weighted by molar-refractivity contribution is 7.16. The monoisotopic (exact) mass is 218 g/mol. The quantitative estimate of drug-likeness (QED) is 0.796. The van der Waals surface area contributed by atoms with Gasteiger partial charge in [0.1, 0.15) is 0 Å². The minimum atomic E-state index is 0.260. The van der Waals surface area contributed by atoms with Crippen molar-refractivity contribution < 1.29 is 0 Å². The summed E-state index contributed by atoms with van der Waals surface area (Å²) in [5.41, 5.74) is 5.76. The van der Waals surface area contributed by atoms with E-state index in [1.165, 1.54) is 4.88 Å². The fourth-order valence-corrected chi connectivity index (χ4v) is 2.03. The second-order valence-corrected chi connectivity index (χ2v) is 4.80. The van der Waals surface area contributed by atoms with Gasteiger partial charge in [0.25, 0.3) is 0 Å². The Kier molecular flexibility index (Phi) is 4.73. The average molecular weight is 219 g/mol. The third kappa shape index (κ3) is 4.09. The van der Waals surface area contributed by atoms with Crippen LogP contribution in [0.5, 0.6) is 0 Å². The first-order valence-electron chi connectivity index (χ1n) is 4.43. The van der Waals surface area contributed by atoms with Gasteiger partial charge in [0.2, 0.25) is 0 Å². The van der Waals surface area contributed by atoms with Crippen LogP contribution < -0.4 is 11.1 Å². The molecule has 0 bridgehead atoms. The summed E-state index contributed by atoms with van der Waals surface area (Å²) in [5, 5.41) is 3.29. The molecule has 0 spiro atoms. The van der Waals surface area contributed by atoms with Gasteiger partial charge >= 0.3 is 0 Å². The maximum absolute atomic E-state index is 5.80. The van der Waals surface area contributed by atoms with Crippen LogP contribution in [0.25, 0.3) is 0 Å². The number of hydrogen-bond acceptors (Lipinski definition) is 3. The van der Waals surface area contributed by atoms with Crippen molar-refractivity contribution >= 4 is 22.9 Å². The molecular formula is C9H15ClN2S. The molecule has 0 aromatic carbocycles. The lowest BCUT2D eigenvalue weighted by atomic mass is 10.2. The third-order valence-electron chi connectivity index (χ3n) is 1.86. The van der Waals surface area contributed by atoms with Crippen LogP contribution in [0.4, 0.5) is 0 Å². The molecule has 1 atom stereocenters. The molecule has 1 heterocycles. The lowest BCUT2D eigenvalue weighted by molar-refractivity contribution is 0.566. The molecule has 13 heavy (non-hydrogen) atoms. The summed E-state index contributed by atoms with van der Waals surface area (Å²) in [6, 6.07) is 4.22. The van der Waals surface area contributed by atoms with Crippen molar-refractivity contribution in [2.75, 3.05) is 6.54 Å². The van der Waals surface area contributed by atoms with Crippen molar-refractivity contribution in [3.63, 3.8) is 0 Å². The molecule has 1 aromatic heterocycles. The molecule has 0 amide bonds. The molecule has 0 radical (unpaired) electrons. The van der Waals surface area contributed by atoms with Crippen LogP contribution in [-0.2, 0) is 6.54 Å². The van der Waals surface area contributed by atoms with Gasteiger partial charge in [0, 0.05) is 24.0 Å². The average Bonchev–Trinajstić information content (AvgIpc) is 2.51. The van der Waals surface area contributed by atoms with E-state index in [4.69, 9.17) is 17.3 Å². The molecular weight excluding hydrogens is 204 g/mol. The number of nitrogens with two attached hydrogens (primary N) is 1. The Morgan fingerprint density at radius 1 is 1.62 bits per heavy atom. The van der Waals surface area contributed by atoms with Crippen molar-refractivity contribution in [1.82, 2.24) is 5.32 Å². The smallest absolute Gasteiger partial charge is 0.0931 e. The van der Waals surface area contributed by atoms with Crippen LogP contribution in [0.2, 0.25) is 4.34 Å². The second-order valence-electron chi connectivity index (χ2n) is 3.01. The summed E-state index contributed by atoms with van der Waals surface area (Å²) in [7, 11) is 0. The fourth-order valence-electron chi connectivity index (χ4n) is 0.972. The summed E-state index contributed by atoms with van der Waals surface area (Å²) in [6.07, 6.45) is 1.01. The van der Waals surface area contributed by atoms with E-state index in [1.54, 1.807) is 11.3 Å². The predicted octanol–water partition coefficient (Wildman–Crippen LogP) is 2.23. The zero-order valence-corrected chi connectivity index (χ0v) is 9.29. The largest absolute Gasteiger partial charge is 0.327 e. The van der Waals surface area contributed by atoms with Crippen molar-refractivity contribution in [2.24, 2.45) is 5.73 Å². The Labute approximate surface area is 88.1 Å². The topological polar surface area (TPSA) is 38.0 Å². The number of rotatable bonds is 5. The van der Waals surface area contributed by atoms with Crippen LogP contribution in [-0.4, -0.2) is 12.6 Å². The maximum Gasteiger partial charge on any atom is 0.0931 e. The van der Waals surface area contributed by atoms with Crippen molar-refractivity contribution in [2.45, 2.75) is 25.9 Å². The first-order valence-corrected chi connectivity index (χ1v) is 5.62. The lowest BCUT2D eigenvalue weighted by Crippen LogP contribution is -2.32. The highest BCUT2D eigenvalue weighted by Crippen LogP contribution is 2.20. The molecule has 0 saturated carbocycles. The minimum absolute atomic E-state index is 0.260. The molecule has 74 valence electrons. The van der Waals surface area contributed by atoms with Crippen LogP contribution in [0.3, 0.4) is 0 Å². The SMILES string of the molecule is CCC(N)CNCc1ccc(Cl)s1. The van der Waals surface area contributed by atoms with E-state index in [0.29, 0.717) is 0 Å². The molecule has 2 nitrogen and oxygen atoms in total. The first-order chi connectivity index (χ1) is 6.22. The highest BCUT2D eigenvalue weighted by atomic mass is 35.5. The summed E-state index contributed by atoms with van der Waals surface area (Å²) in [5.74, 6) is 0. The highest BCUT2D eigenvalue weighted by Gasteiger charge is 2.00. The summed E-state index contributed by atoms with van der Waals surface area (Å²) in [4.78, 5) is 1.26. The van der Waals surface area contributed by atoms with Crippen molar-refractivity contribution in [3.8, 4) is 0 Å². The second kappa shape index (κ2) is 5.60. The molecule has 0 aliphatic carbocycles. The van der Waals surface area contributed by atoms with Crippen LogP contribution in [0, 0.1) is 0 Å². The Morgan fingerprint density at radius 2 is 2.38 bits per heavy atom. The molecule has 0 saturated heterocycles. The van der Waals surface area contributed by atoms with Gasteiger partial charge in [-0.1, -0.05) is 18.5 Å². The molecule has 0 aliphatic heterocycles. The Bertz CT molecular complexity index is 250. The van der Waals surface area contributed by atoms with Crippen LogP contribution >= 0.6 is 22.9 Å². The summed E-state index contributed by atoms with van der Waals surface area (Å²) < 4.78 is 0.844. The number of hydrogen-bond donors (Lipinski definition) is 2. The van der Waals surface area contributed by atoms with E-state index >= 15 is 0 Å².